The van der Waals surface area contributed by atoms with Gasteiger partial charge in [0.1, 0.15) is 12.2 Å². The van der Waals surface area contributed by atoms with Crippen molar-refractivity contribution in [3.05, 3.63) is 72.9 Å². The minimum atomic E-state index is -4.53. The Morgan fingerprint density at radius 1 is 0.500 bits per heavy atom. The summed E-state index contributed by atoms with van der Waals surface area (Å²) in [6.45, 7) is 3.40. The average molecular weight is 921 g/mol. The van der Waals surface area contributed by atoms with Gasteiger partial charge in [-0.1, -0.05) is 222 Å². The van der Waals surface area contributed by atoms with Gasteiger partial charge in [0, 0.05) is 13.0 Å². The number of rotatable bonds is 49. The van der Waals surface area contributed by atoms with Crippen molar-refractivity contribution >= 4 is 13.8 Å². The minimum absolute atomic E-state index is 0.0378. The molecule has 0 spiro atoms. The molecule has 0 fully saturated rings. The Morgan fingerprint density at radius 3 is 1.34 bits per heavy atom. The van der Waals surface area contributed by atoms with E-state index in [0.29, 0.717) is 13.0 Å². The number of aliphatic hydroxyl groups excluding tert-OH is 2. The maximum atomic E-state index is 12.7. The first-order chi connectivity index (χ1) is 31.3. The quantitative estimate of drug-likeness (QED) is 0.0236. The Hall–Kier alpha value is -2.10. The van der Waals surface area contributed by atoms with Crippen LogP contribution in [-0.4, -0.2) is 66.3 Å². The zero-order chi connectivity index (χ0) is 46.7. The van der Waals surface area contributed by atoms with Gasteiger partial charge in [0.25, 0.3) is 0 Å². The fourth-order valence-electron chi connectivity index (χ4n) is 7.01. The maximum absolute atomic E-state index is 12.7. The van der Waals surface area contributed by atoms with E-state index in [1.165, 1.54) is 109 Å². The highest BCUT2D eigenvalue weighted by Crippen LogP contribution is 2.43. The maximum Gasteiger partial charge on any atom is 0.472 e. The van der Waals surface area contributed by atoms with Crippen LogP contribution in [0, 0.1) is 0 Å². The van der Waals surface area contributed by atoms with E-state index in [0.717, 1.165) is 83.5 Å². The van der Waals surface area contributed by atoms with Crippen LogP contribution in [0.15, 0.2) is 72.9 Å². The lowest BCUT2D eigenvalue weighted by atomic mass is 10.0. The minimum Gasteiger partial charge on any atom is -0.457 e. The number of carbonyl (C=O) groups is 1. The number of carbonyl (C=O) groups excluding carboxylic acids is 1. The Bertz CT molecular complexity index is 1230. The number of hydrogen-bond acceptors (Lipinski definition) is 8. The number of allylic oxidation sites excluding steroid dienone is 12. The molecule has 0 rings (SSSR count). The second kappa shape index (κ2) is 50.3. The lowest BCUT2D eigenvalue weighted by Crippen LogP contribution is -2.29. The predicted octanol–water partition coefficient (Wildman–Crippen LogP) is 15.3. The molecule has 0 aromatic rings. The smallest absolute Gasteiger partial charge is 0.457 e. The van der Waals surface area contributed by atoms with Gasteiger partial charge in [-0.3, -0.25) is 13.8 Å². The molecule has 10 heteroatoms. The molecule has 0 saturated carbocycles. The van der Waals surface area contributed by atoms with Gasteiger partial charge in [0.15, 0.2) is 0 Å². The second-order valence-electron chi connectivity index (χ2n) is 17.2. The summed E-state index contributed by atoms with van der Waals surface area (Å²) in [5.74, 6) is -0.405. The third-order valence-electron chi connectivity index (χ3n) is 10.9. The fourth-order valence-corrected chi connectivity index (χ4v) is 7.80. The summed E-state index contributed by atoms with van der Waals surface area (Å²) >= 11 is 0. The van der Waals surface area contributed by atoms with Crippen molar-refractivity contribution in [1.82, 2.24) is 0 Å². The van der Waals surface area contributed by atoms with Crippen LogP contribution in [0.3, 0.4) is 0 Å². The first kappa shape index (κ1) is 61.9. The molecule has 0 aliphatic carbocycles. The Balaban J connectivity index is 4.14. The van der Waals surface area contributed by atoms with E-state index in [2.05, 4.69) is 86.8 Å². The van der Waals surface area contributed by atoms with E-state index in [9.17, 15) is 19.4 Å². The monoisotopic (exact) mass is 921 g/mol. The van der Waals surface area contributed by atoms with E-state index in [4.69, 9.17) is 23.6 Å². The molecule has 0 aliphatic heterocycles. The van der Waals surface area contributed by atoms with Gasteiger partial charge >= 0.3 is 13.8 Å². The molecule has 3 atom stereocenters. The molecule has 372 valence electrons. The number of esters is 1. The molecule has 0 aromatic carbocycles. The van der Waals surface area contributed by atoms with E-state index >= 15 is 0 Å². The largest absolute Gasteiger partial charge is 0.472 e. The van der Waals surface area contributed by atoms with Crippen LogP contribution >= 0.6 is 7.82 Å². The first-order valence-electron chi connectivity index (χ1n) is 25.9. The normalized spacial score (nSPS) is 14.4. The van der Waals surface area contributed by atoms with Crippen LogP contribution in [0.5, 0.6) is 0 Å². The summed E-state index contributed by atoms with van der Waals surface area (Å²) in [6, 6.07) is 0. The molecule has 0 heterocycles. The summed E-state index contributed by atoms with van der Waals surface area (Å²) in [6.07, 6.45) is 61.5. The van der Waals surface area contributed by atoms with Crippen molar-refractivity contribution in [2.24, 2.45) is 0 Å². The third kappa shape index (κ3) is 49.3. The van der Waals surface area contributed by atoms with Gasteiger partial charge in [0.2, 0.25) is 0 Å². The number of aliphatic hydroxyl groups is 2. The Kier molecular flexibility index (Phi) is 48.7. The third-order valence-corrected chi connectivity index (χ3v) is 11.9. The zero-order valence-corrected chi connectivity index (χ0v) is 41.9. The molecule has 0 saturated heterocycles. The van der Waals surface area contributed by atoms with Gasteiger partial charge in [-0.2, -0.15) is 0 Å². The molecular formula is C54H97O9P. The number of unbranched alkanes of at least 4 members (excludes halogenated alkanes) is 23. The zero-order valence-electron chi connectivity index (χ0n) is 41.0. The molecule has 0 radical (unpaired) electrons. The number of phosphoric acid groups is 1. The lowest BCUT2D eigenvalue weighted by Gasteiger charge is -2.20. The van der Waals surface area contributed by atoms with E-state index in [1.807, 2.05) is 0 Å². The molecule has 9 nitrogen and oxygen atoms in total. The highest BCUT2D eigenvalue weighted by molar-refractivity contribution is 7.47. The number of ether oxygens (including phenoxy) is 2. The highest BCUT2D eigenvalue weighted by Gasteiger charge is 2.26. The van der Waals surface area contributed by atoms with E-state index < -0.39 is 39.2 Å². The van der Waals surface area contributed by atoms with Gasteiger partial charge in [-0.05, 0) is 64.2 Å². The Morgan fingerprint density at radius 2 is 0.891 bits per heavy atom. The number of hydrogen-bond donors (Lipinski definition) is 3. The Labute approximate surface area is 392 Å². The summed E-state index contributed by atoms with van der Waals surface area (Å²) in [7, 11) is -4.53. The first-order valence-corrected chi connectivity index (χ1v) is 27.4. The summed E-state index contributed by atoms with van der Waals surface area (Å²) in [5.41, 5.74) is 0. The van der Waals surface area contributed by atoms with Crippen LogP contribution in [0.4, 0.5) is 0 Å². The molecule has 0 bridgehead atoms. The summed E-state index contributed by atoms with van der Waals surface area (Å²) < 4.78 is 33.5. The van der Waals surface area contributed by atoms with Gasteiger partial charge < -0.3 is 24.6 Å². The van der Waals surface area contributed by atoms with Gasteiger partial charge in [-0.25, -0.2) is 4.57 Å². The van der Waals surface area contributed by atoms with Crippen LogP contribution in [-0.2, 0) is 27.9 Å². The standard InChI is InChI=1S/C54H97O9P/c1-3-5-7-9-11-13-15-17-19-21-23-25-26-27-28-30-32-34-36-38-40-42-44-46-54(57)63-53(51-62-64(58,59)61-49-52(56)48-55)50-60-47-45-43-41-39-37-35-33-31-29-24-22-20-18-16-14-12-10-8-6-4-2/h5,7,11,13,17,19,23,25,27-28,32,34,52-53,55-56H,3-4,6,8-10,12,14-16,18,20-22,24,26,29-31,33,35-51H2,1-2H3,(H,58,59)/b7-5-,13-11-,19-17-,25-23-,28-27-,34-32-. The summed E-state index contributed by atoms with van der Waals surface area (Å²) in [5, 5.41) is 18.4. The molecule has 64 heavy (non-hydrogen) atoms. The van der Waals surface area contributed by atoms with Crippen LogP contribution < -0.4 is 0 Å². The molecule has 0 aliphatic rings. The topological polar surface area (TPSA) is 132 Å². The SMILES string of the molecule is CC/C=C\C/C=C\C/C=C\C/C=C\C/C=C\C/C=C\CCCCCCC(=O)OC(COCCCCCCCCCCCCCCCCCCCCCC)COP(=O)(O)OCC(O)CO. The van der Waals surface area contributed by atoms with Crippen molar-refractivity contribution in [3.63, 3.8) is 0 Å². The van der Waals surface area contributed by atoms with Gasteiger partial charge in [-0.15, -0.1) is 0 Å². The molecule has 3 unspecified atom stereocenters. The van der Waals surface area contributed by atoms with E-state index in [-0.39, 0.29) is 19.6 Å². The van der Waals surface area contributed by atoms with Crippen molar-refractivity contribution in [3.8, 4) is 0 Å². The molecular weight excluding hydrogens is 824 g/mol. The van der Waals surface area contributed by atoms with Crippen LogP contribution in [0.1, 0.15) is 219 Å². The summed E-state index contributed by atoms with van der Waals surface area (Å²) in [4.78, 5) is 22.7. The van der Waals surface area contributed by atoms with E-state index in [1.54, 1.807) is 0 Å². The van der Waals surface area contributed by atoms with Gasteiger partial charge in [0.05, 0.1) is 26.4 Å². The second-order valence-corrected chi connectivity index (χ2v) is 18.6. The van der Waals surface area contributed by atoms with Crippen LogP contribution in [0.25, 0.3) is 0 Å². The van der Waals surface area contributed by atoms with Crippen molar-refractivity contribution in [1.29, 1.82) is 0 Å². The number of phosphoric ester groups is 1. The molecule has 3 N–H and O–H groups in total. The predicted molar refractivity (Wildman–Crippen MR) is 269 cm³/mol. The van der Waals surface area contributed by atoms with Crippen molar-refractivity contribution in [2.45, 2.75) is 232 Å². The van der Waals surface area contributed by atoms with Crippen molar-refractivity contribution in [2.75, 3.05) is 33.0 Å². The highest BCUT2D eigenvalue weighted by atomic mass is 31.2. The fraction of sp³-hybridized carbons (Fsp3) is 0.759. The van der Waals surface area contributed by atoms with Crippen molar-refractivity contribution < 1.29 is 43.0 Å². The van der Waals surface area contributed by atoms with Crippen LogP contribution in [0.2, 0.25) is 0 Å². The average Bonchev–Trinajstić information content (AvgIpc) is 3.29. The lowest BCUT2D eigenvalue weighted by molar-refractivity contribution is -0.154. The molecule has 0 aromatic heterocycles. The molecule has 0 amide bonds.